The molecule has 96 valence electrons. The second-order valence-corrected chi connectivity index (χ2v) is 4.93. The normalized spacial score (nSPS) is 15.9. The molecule has 0 bridgehead atoms. The summed E-state index contributed by atoms with van der Waals surface area (Å²) in [6.07, 6.45) is 7.01. The van der Waals surface area contributed by atoms with Crippen molar-refractivity contribution in [1.29, 1.82) is 0 Å². The molecular formula is C13H19N5. The maximum atomic E-state index is 4.49. The van der Waals surface area contributed by atoms with Gasteiger partial charge in [0.2, 0.25) is 0 Å². The Kier molecular flexibility index (Phi) is 2.91. The van der Waals surface area contributed by atoms with Crippen LogP contribution in [0.2, 0.25) is 0 Å². The van der Waals surface area contributed by atoms with Gasteiger partial charge in [-0.05, 0) is 6.42 Å². The van der Waals surface area contributed by atoms with E-state index in [1.807, 2.05) is 24.3 Å². The molecule has 0 aliphatic carbocycles. The first-order valence-electron chi connectivity index (χ1n) is 6.50. The zero-order valence-corrected chi connectivity index (χ0v) is 10.9. The van der Waals surface area contributed by atoms with Gasteiger partial charge in [0.05, 0.1) is 18.6 Å². The van der Waals surface area contributed by atoms with Crippen molar-refractivity contribution in [2.45, 2.75) is 25.8 Å². The molecule has 0 spiro atoms. The first kappa shape index (κ1) is 11.5. The monoisotopic (exact) mass is 245 g/mol. The molecule has 1 fully saturated rings. The second-order valence-electron chi connectivity index (χ2n) is 4.93. The van der Waals surface area contributed by atoms with Gasteiger partial charge in [0, 0.05) is 49.7 Å². The van der Waals surface area contributed by atoms with E-state index in [1.165, 1.54) is 17.0 Å². The van der Waals surface area contributed by atoms with E-state index in [0.717, 1.165) is 26.1 Å². The largest absolute Gasteiger partial charge is 0.330 e. The zero-order chi connectivity index (χ0) is 12.5. The van der Waals surface area contributed by atoms with Crippen molar-refractivity contribution in [2.24, 2.45) is 7.05 Å². The highest BCUT2D eigenvalue weighted by atomic mass is 15.3. The average molecular weight is 245 g/mol. The van der Waals surface area contributed by atoms with Crippen LogP contribution in [-0.2, 0) is 20.0 Å². The molecule has 0 amide bonds. The van der Waals surface area contributed by atoms with E-state index < -0.39 is 0 Å². The number of imidazole rings is 1. The fourth-order valence-corrected chi connectivity index (χ4v) is 2.50. The predicted octanol–water partition coefficient (Wildman–Crippen LogP) is 0.914. The Labute approximate surface area is 107 Å². The third kappa shape index (κ3) is 1.95. The highest BCUT2D eigenvalue weighted by molar-refractivity contribution is 5.20. The molecule has 18 heavy (non-hydrogen) atoms. The summed E-state index contributed by atoms with van der Waals surface area (Å²) in [5.41, 5.74) is 3.81. The number of aryl methyl sites for hydroxylation is 2. The van der Waals surface area contributed by atoms with E-state index in [-0.39, 0.29) is 0 Å². The molecule has 0 aromatic carbocycles. The van der Waals surface area contributed by atoms with Crippen LogP contribution in [0, 0.1) is 0 Å². The minimum atomic E-state index is 0.620. The highest BCUT2D eigenvalue weighted by Gasteiger charge is 2.22. The number of rotatable bonds is 4. The Morgan fingerprint density at radius 2 is 2.28 bits per heavy atom. The fraction of sp³-hybridized carbons (Fsp3) is 0.538. The molecular weight excluding hydrogens is 226 g/mol. The Morgan fingerprint density at radius 3 is 2.94 bits per heavy atom. The van der Waals surface area contributed by atoms with Crippen molar-refractivity contribution in [3.63, 3.8) is 0 Å². The molecule has 1 aliphatic rings. The van der Waals surface area contributed by atoms with Crippen LogP contribution in [0.4, 0.5) is 0 Å². The molecule has 2 aromatic heterocycles. The van der Waals surface area contributed by atoms with Crippen molar-refractivity contribution in [3.8, 4) is 0 Å². The van der Waals surface area contributed by atoms with E-state index in [0.29, 0.717) is 5.92 Å². The lowest BCUT2D eigenvalue weighted by Gasteiger charge is -2.27. The van der Waals surface area contributed by atoms with Crippen molar-refractivity contribution in [1.82, 2.24) is 24.6 Å². The minimum absolute atomic E-state index is 0.620. The summed E-state index contributed by atoms with van der Waals surface area (Å²) in [6.45, 7) is 5.16. The van der Waals surface area contributed by atoms with Gasteiger partial charge in [0.15, 0.2) is 0 Å². The molecule has 1 saturated heterocycles. The minimum Gasteiger partial charge on any atom is -0.330 e. The van der Waals surface area contributed by atoms with Crippen LogP contribution in [-0.4, -0.2) is 32.4 Å². The smallest absolute Gasteiger partial charge is 0.0951 e. The topological polar surface area (TPSA) is 47.7 Å². The van der Waals surface area contributed by atoms with Crippen LogP contribution in [0.1, 0.15) is 29.8 Å². The highest BCUT2D eigenvalue weighted by Crippen LogP contribution is 2.20. The van der Waals surface area contributed by atoms with Gasteiger partial charge < -0.3 is 9.88 Å². The summed E-state index contributed by atoms with van der Waals surface area (Å²) in [5, 5.41) is 7.80. The molecule has 3 rings (SSSR count). The van der Waals surface area contributed by atoms with Crippen molar-refractivity contribution in [2.75, 3.05) is 13.1 Å². The number of hydrogen-bond donors (Lipinski definition) is 1. The second kappa shape index (κ2) is 4.57. The Bertz CT molecular complexity index is 535. The molecule has 5 heteroatoms. The van der Waals surface area contributed by atoms with E-state index in [4.69, 9.17) is 0 Å². The van der Waals surface area contributed by atoms with Crippen LogP contribution >= 0.6 is 0 Å². The molecule has 3 heterocycles. The Morgan fingerprint density at radius 1 is 1.44 bits per heavy atom. The van der Waals surface area contributed by atoms with E-state index in [2.05, 4.69) is 33.1 Å². The summed E-state index contributed by atoms with van der Waals surface area (Å²) in [7, 11) is 1.98. The maximum absolute atomic E-state index is 4.49. The first-order valence-corrected chi connectivity index (χ1v) is 6.50. The number of nitrogens with zero attached hydrogens (tertiary/aromatic N) is 4. The quantitative estimate of drug-likeness (QED) is 0.871. The number of aromatic nitrogens is 4. The van der Waals surface area contributed by atoms with Gasteiger partial charge in [-0.2, -0.15) is 5.10 Å². The van der Waals surface area contributed by atoms with Gasteiger partial charge in [-0.3, -0.25) is 4.68 Å². The molecule has 5 nitrogen and oxygen atoms in total. The van der Waals surface area contributed by atoms with Crippen LogP contribution in [0.3, 0.4) is 0 Å². The number of nitrogens with one attached hydrogen (secondary N) is 1. The Balaban J connectivity index is 1.85. The molecule has 0 saturated carbocycles. The molecule has 0 atom stereocenters. The molecule has 0 unspecified atom stereocenters. The van der Waals surface area contributed by atoms with Gasteiger partial charge in [0.1, 0.15) is 0 Å². The van der Waals surface area contributed by atoms with E-state index in [1.54, 1.807) is 0 Å². The predicted molar refractivity (Wildman–Crippen MR) is 69.5 cm³/mol. The van der Waals surface area contributed by atoms with Gasteiger partial charge >= 0.3 is 0 Å². The lowest BCUT2D eigenvalue weighted by Crippen LogP contribution is -2.40. The molecule has 2 aromatic rings. The van der Waals surface area contributed by atoms with E-state index in [9.17, 15) is 0 Å². The molecule has 0 radical (unpaired) electrons. The molecule has 1 aliphatic heterocycles. The summed E-state index contributed by atoms with van der Waals surface area (Å²) in [4.78, 5) is 4.29. The molecule has 1 N–H and O–H groups in total. The Hall–Kier alpha value is -1.62. The van der Waals surface area contributed by atoms with Crippen LogP contribution in [0.15, 0.2) is 18.7 Å². The first-order chi connectivity index (χ1) is 8.78. The van der Waals surface area contributed by atoms with Gasteiger partial charge in [-0.1, -0.05) is 6.92 Å². The maximum Gasteiger partial charge on any atom is 0.0951 e. The lowest BCUT2D eigenvalue weighted by atomic mass is 10.00. The average Bonchev–Trinajstić information content (AvgIpc) is 2.85. The third-order valence-electron chi connectivity index (χ3n) is 3.61. The van der Waals surface area contributed by atoms with Crippen molar-refractivity contribution < 1.29 is 0 Å². The fourth-order valence-electron chi connectivity index (χ4n) is 2.50. The van der Waals surface area contributed by atoms with Crippen LogP contribution in [0.5, 0.6) is 0 Å². The lowest BCUT2D eigenvalue weighted by molar-refractivity contribution is 0.427. The standard InChI is InChI=1S/C13H19N5/c1-3-12-11(7-17(2)16-12)8-18-9-15-6-13(18)10-4-14-5-10/h6-7,9-10,14H,3-5,8H2,1-2H3. The summed E-state index contributed by atoms with van der Waals surface area (Å²) >= 11 is 0. The van der Waals surface area contributed by atoms with E-state index >= 15 is 0 Å². The van der Waals surface area contributed by atoms with Gasteiger partial charge in [-0.25, -0.2) is 4.98 Å². The SMILES string of the molecule is CCc1nn(C)cc1Cn1cncc1C1CNC1. The summed E-state index contributed by atoms with van der Waals surface area (Å²) in [6, 6.07) is 0. The zero-order valence-electron chi connectivity index (χ0n) is 10.9. The van der Waals surface area contributed by atoms with Crippen molar-refractivity contribution >= 4 is 0 Å². The van der Waals surface area contributed by atoms with Gasteiger partial charge in [-0.15, -0.1) is 0 Å². The van der Waals surface area contributed by atoms with Crippen molar-refractivity contribution in [3.05, 3.63) is 35.7 Å². The van der Waals surface area contributed by atoms with Crippen LogP contribution in [0.25, 0.3) is 0 Å². The van der Waals surface area contributed by atoms with Gasteiger partial charge in [0.25, 0.3) is 0 Å². The third-order valence-corrected chi connectivity index (χ3v) is 3.61. The summed E-state index contributed by atoms with van der Waals surface area (Å²) < 4.78 is 4.15. The summed E-state index contributed by atoms with van der Waals surface area (Å²) in [5.74, 6) is 0.620. The number of hydrogen-bond acceptors (Lipinski definition) is 3. The van der Waals surface area contributed by atoms with Crippen LogP contribution < -0.4 is 5.32 Å².